The van der Waals surface area contributed by atoms with E-state index in [-0.39, 0.29) is 29.4 Å². The van der Waals surface area contributed by atoms with Crippen LogP contribution in [0.4, 0.5) is 5.82 Å². The fourth-order valence-electron chi connectivity index (χ4n) is 2.89. The zero-order valence-corrected chi connectivity index (χ0v) is 14.0. The van der Waals surface area contributed by atoms with Gasteiger partial charge in [0.05, 0.1) is 6.04 Å². The van der Waals surface area contributed by atoms with E-state index in [1.807, 2.05) is 13.8 Å². The molecule has 0 saturated carbocycles. The van der Waals surface area contributed by atoms with Gasteiger partial charge in [-0.25, -0.2) is 9.97 Å². The van der Waals surface area contributed by atoms with Crippen molar-refractivity contribution in [1.29, 1.82) is 0 Å². The van der Waals surface area contributed by atoms with Crippen LogP contribution in [-0.4, -0.2) is 37.5 Å². The summed E-state index contributed by atoms with van der Waals surface area (Å²) in [7, 11) is 0. The number of nitrogen functional groups attached to an aromatic ring is 1. The van der Waals surface area contributed by atoms with E-state index < -0.39 is 0 Å². The van der Waals surface area contributed by atoms with Crippen molar-refractivity contribution in [3.8, 4) is 0 Å². The Labute approximate surface area is 140 Å². The lowest BCUT2D eigenvalue weighted by Gasteiger charge is -2.27. The number of carbonyl (C=O) groups is 1. The summed E-state index contributed by atoms with van der Waals surface area (Å²) in [6.45, 7) is 4.60. The maximum Gasteiger partial charge on any atom is 0.276 e. The van der Waals surface area contributed by atoms with E-state index in [9.17, 15) is 4.79 Å². The van der Waals surface area contributed by atoms with E-state index in [1.165, 1.54) is 12.4 Å². The molecule has 1 saturated heterocycles. The second-order valence-electron chi connectivity index (χ2n) is 6.30. The van der Waals surface area contributed by atoms with Crippen LogP contribution in [0.25, 0.3) is 0 Å². The van der Waals surface area contributed by atoms with Crippen molar-refractivity contribution in [3.05, 3.63) is 29.8 Å². The lowest BCUT2D eigenvalue weighted by Crippen LogP contribution is -2.36. The van der Waals surface area contributed by atoms with Gasteiger partial charge in [0.2, 0.25) is 5.89 Å². The average molecular weight is 330 g/mol. The van der Waals surface area contributed by atoms with Crippen molar-refractivity contribution >= 4 is 11.7 Å². The second-order valence-corrected chi connectivity index (χ2v) is 6.30. The zero-order chi connectivity index (χ0) is 17.1. The average Bonchev–Trinajstić information content (AvgIpc) is 2.93. The summed E-state index contributed by atoms with van der Waals surface area (Å²) >= 11 is 0. The van der Waals surface area contributed by atoms with Crippen molar-refractivity contribution in [2.45, 2.75) is 51.5 Å². The Balaban J connectivity index is 1.92. The van der Waals surface area contributed by atoms with Gasteiger partial charge < -0.3 is 15.2 Å². The first-order chi connectivity index (χ1) is 11.6. The Kier molecular flexibility index (Phi) is 4.73. The van der Waals surface area contributed by atoms with Gasteiger partial charge in [-0.15, -0.1) is 0 Å². The van der Waals surface area contributed by atoms with E-state index in [0.29, 0.717) is 18.3 Å². The highest BCUT2D eigenvalue weighted by molar-refractivity contribution is 5.96. The fraction of sp³-hybridized carbons (Fsp3) is 0.562. The third-order valence-corrected chi connectivity index (χ3v) is 4.19. The summed E-state index contributed by atoms with van der Waals surface area (Å²) < 4.78 is 5.33. The monoisotopic (exact) mass is 330 g/mol. The fourth-order valence-corrected chi connectivity index (χ4v) is 2.89. The van der Waals surface area contributed by atoms with Crippen LogP contribution in [-0.2, 0) is 0 Å². The molecule has 8 heteroatoms. The second kappa shape index (κ2) is 6.94. The van der Waals surface area contributed by atoms with Crippen LogP contribution in [0.1, 0.15) is 73.7 Å². The van der Waals surface area contributed by atoms with Crippen molar-refractivity contribution < 1.29 is 9.32 Å². The minimum absolute atomic E-state index is 0.140. The summed E-state index contributed by atoms with van der Waals surface area (Å²) in [6, 6.07) is -0.224. The number of likely N-dealkylation sites (tertiary alicyclic amines) is 1. The summed E-state index contributed by atoms with van der Waals surface area (Å²) in [4.78, 5) is 27.3. The van der Waals surface area contributed by atoms with Gasteiger partial charge in [-0.05, 0) is 12.8 Å². The maximum atomic E-state index is 13.0. The molecule has 24 heavy (non-hydrogen) atoms. The smallest absolute Gasteiger partial charge is 0.276 e. The van der Waals surface area contributed by atoms with Crippen LogP contribution in [0.2, 0.25) is 0 Å². The van der Waals surface area contributed by atoms with Crippen LogP contribution in [0.3, 0.4) is 0 Å². The molecule has 2 N–H and O–H groups in total. The van der Waals surface area contributed by atoms with Crippen LogP contribution in [0.15, 0.2) is 16.9 Å². The number of rotatable bonds is 3. The molecular formula is C16H22N6O2. The van der Waals surface area contributed by atoms with Crippen LogP contribution in [0.5, 0.6) is 0 Å². The van der Waals surface area contributed by atoms with E-state index in [0.717, 1.165) is 25.7 Å². The van der Waals surface area contributed by atoms with Gasteiger partial charge in [0.15, 0.2) is 17.3 Å². The highest BCUT2D eigenvalue weighted by Gasteiger charge is 2.32. The molecule has 2 aromatic rings. The Morgan fingerprint density at radius 3 is 2.79 bits per heavy atom. The molecule has 0 bridgehead atoms. The lowest BCUT2D eigenvalue weighted by atomic mass is 10.1. The predicted octanol–water partition coefficient (Wildman–Crippen LogP) is 2.32. The van der Waals surface area contributed by atoms with E-state index in [2.05, 4.69) is 20.1 Å². The highest BCUT2D eigenvalue weighted by Crippen LogP contribution is 2.30. The van der Waals surface area contributed by atoms with Crippen molar-refractivity contribution in [2.24, 2.45) is 0 Å². The van der Waals surface area contributed by atoms with E-state index >= 15 is 0 Å². The minimum atomic E-state index is -0.233. The van der Waals surface area contributed by atoms with Crippen LogP contribution >= 0.6 is 0 Å². The molecule has 0 aliphatic carbocycles. The first-order valence-electron chi connectivity index (χ1n) is 8.29. The Morgan fingerprint density at radius 1 is 1.29 bits per heavy atom. The highest BCUT2D eigenvalue weighted by atomic mass is 16.5. The minimum Gasteiger partial charge on any atom is -0.382 e. The number of hydrogen-bond donors (Lipinski definition) is 1. The number of anilines is 1. The molecule has 0 aromatic carbocycles. The molecule has 8 nitrogen and oxygen atoms in total. The summed E-state index contributed by atoms with van der Waals surface area (Å²) in [5.41, 5.74) is 6.00. The van der Waals surface area contributed by atoms with Crippen LogP contribution < -0.4 is 5.73 Å². The number of aromatic nitrogens is 4. The molecule has 1 fully saturated rings. The largest absolute Gasteiger partial charge is 0.382 e. The molecule has 0 spiro atoms. The number of nitrogens with two attached hydrogens (primary N) is 1. The number of carbonyl (C=O) groups excluding carboxylic acids is 1. The van der Waals surface area contributed by atoms with Gasteiger partial charge in [0.25, 0.3) is 5.91 Å². The summed E-state index contributed by atoms with van der Waals surface area (Å²) in [5, 5.41) is 4.10. The molecule has 3 rings (SSSR count). The molecule has 1 amide bonds. The molecule has 1 aliphatic rings. The molecule has 0 radical (unpaired) electrons. The Morgan fingerprint density at radius 2 is 2.08 bits per heavy atom. The number of hydrogen-bond acceptors (Lipinski definition) is 7. The molecule has 128 valence electrons. The van der Waals surface area contributed by atoms with Crippen LogP contribution in [0, 0.1) is 0 Å². The zero-order valence-electron chi connectivity index (χ0n) is 14.0. The quantitative estimate of drug-likeness (QED) is 0.919. The van der Waals surface area contributed by atoms with Gasteiger partial charge in [0, 0.05) is 24.9 Å². The third kappa shape index (κ3) is 3.22. The van der Waals surface area contributed by atoms with Gasteiger partial charge >= 0.3 is 0 Å². The lowest BCUT2D eigenvalue weighted by molar-refractivity contribution is 0.0665. The van der Waals surface area contributed by atoms with Gasteiger partial charge in [-0.3, -0.25) is 4.79 Å². The predicted molar refractivity (Wildman–Crippen MR) is 87.1 cm³/mol. The normalized spacial score (nSPS) is 18.6. The molecule has 3 heterocycles. The number of nitrogens with zero attached hydrogens (tertiary/aromatic N) is 5. The van der Waals surface area contributed by atoms with Crippen molar-refractivity contribution in [2.75, 3.05) is 12.3 Å². The van der Waals surface area contributed by atoms with E-state index in [4.69, 9.17) is 10.3 Å². The summed E-state index contributed by atoms with van der Waals surface area (Å²) in [5.74, 6) is 1.19. The Hall–Kier alpha value is -2.51. The molecule has 0 unspecified atom stereocenters. The SMILES string of the molecule is CC(C)c1nc([C@@H]2CCCCCN2C(=O)c2nccnc2N)no1. The molecular weight excluding hydrogens is 308 g/mol. The maximum absolute atomic E-state index is 13.0. The van der Waals surface area contributed by atoms with Gasteiger partial charge in [-0.2, -0.15) is 4.98 Å². The first kappa shape index (κ1) is 16.4. The standard InChI is InChI=1S/C16H22N6O2/c1-10(2)15-20-14(21-24-15)11-6-4-3-5-9-22(11)16(23)12-13(17)19-8-7-18-12/h7-8,10-11H,3-6,9H2,1-2H3,(H2,17,19)/t11-/m0/s1. The third-order valence-electron chi connectivity index (χ3n) is 4.19. The first-order valence-corrected chi connectivity index (χ1v) is 8.29. The van der Waals surface area contributed by atoms with Gasteiger partial charge in [0.1, 0.15) is 0 Å². The van der Waals surface area contributed by atoms with Gasteiger partial charge in [-0.1, -0.05) is 31.8 Å². The molecule has 2 aromatic heterocycles. The molecule has 1 atom stereocenters. The van der Waals surface area contributed by atoms with Crippen molar-refractivity contribution in [1.82, 2.24) is 25.0 Å². The number of amides is 1. The summed E-state index contributed by atoms with van der Waals surface area (Å²) in [6.07, 6.45) is 6.74. The topological polar surface area (TPSA) is 111 Å². The van der Waals surface area contributed by atoms with Crippen molar-refractivity contribution in [3.63, 3.8) is 0 Å². The molecule has 1 aliphatic heterocycles. The Bertz CT molecular complexity index is 714. The van der Waals surface area contributed by atoms with E-state index in [1.54, 1.807) is 4.90 Å².